The second kappa shape index (κ2) is 13.3. The number of halogens is 2. The van der Waals surface area contributed by atoms with E-state index < -0.39 is 32.2 Å². The van der Waals surface area contributed by atoms with Crippen molar-refractivity contribution in [1.82, 2.24) is 9.62 Å². The Morgan fingerprint density at radius 3 is 2.65 bits per heavy atom. The predicted octanol–water partition coefficient (Wildman–Crippen LogP) is 5.74. The van der Waals surface area contributed by atoms with Gasteiger partial charge in [0, 0.05) is 50.8 Å². The van der Waals surface area contributed by atoms with Crippen molar-refractivity contribution >= 4 is 33.2 Å². The number of carbonyl (C=O) groups excluding carboxylic acids is 1. The molecule has 9 nitrogen and oxygen atoms in total. The third-order valence-electron chi connectivity index (χ3n) is 13.4. The van der Waals surface area contributed by atoms with E-state index in [-0.39, 0.29) is 40.1 Å². The Morgan fingerprint density at radius 2 is 1.92 bits per heavy atom. The van der Waals surface area contributed by atoms with E-state index in [0.29, 0.717) is 50.6 Å². The van der Waals surface area contributed by atoms with Gasteiger partial charge in [0.05, 0.1) is 35.8 Å². The Hall–Kier alpha value is -2.70. The number of morpholine rings is 1. The molecule has 2 aromatic rings. The van der Waals surface area contributed by atoms with E-state index in [0.717, 1.165) is 63.0 Å². The van der Waals surface area contributed by atoms with Crippen molar-refractivity contribution in [3.63, 3.8) is 0 Å². The number of hydrogen-bond acceptors (Lipinski definition) is 8. The van der Waals surface area contributed by atoms with E-state index in [1.165, 1.54) is 5.57 Å². The average Bonchev–Trinajstić information content (AvgIpc) is 3.23. The number of ether oxygens (including phenoxy) is 3. The van der Waals surface area contributed by atoms with Crippen LogP contribution in [0, 0.1) is 29.5 Å². The molecule has 4 bridgehead atoms. The van der Waals surface area contributed by atoms with Crippen LogP contribution in [-0.2, 0) is 31.3 Å². The summed E-state index contributed by atoms with van der Waals surface area (Å²) in [7, 11) is -2.15. The molecule has 7 atom stereocenters. The van der Waals surface area contributed by atoms with Gasteiger partial charge in [-0.3, -0.25) is 9.69 Å². The number of benzene rings is 2. The van der Waals surface area contributed by atoms with Crippen LogP contribution in [-0.4, -0.2) is 89.7 Å². The molecule has 9 rings (SSSR count). The van der Waals surface area contributed by atoms with Gasteiger partial charge in [-0.05, 0) is 110 Å². The average molecular weight is 742 g/mol. The van der Waals surface area contributed by atoms with Crippen LogP contribution in [0.2, 0.25) is 5.02 Å². The van der Waals surface area contributed by atoms with Crippen LogP contribution in [0.5, 0.6) is 5.75 Å². The van der Waals surface area contributed by atoms with Crippen LogP contribution >= 0.6 is 11.6 Å². The first kappa shape index (κ1) is 35.3. The lowest BCUT2D eigenvalue weighted by Gasteiger charge is -2.56. The fourth-order valence-corrected chi connectivity index (χ4v) is 11.4. The monoisotopic (exact) mass is 741 g/mol. The van der Waals surface area contributed by atoms with Crippen LogP contribution in [0.1, 0.15) is 67.4 Å². The van der Waals surface area contributed by atoms with Gasteiger partial charge in [-0.25, -0.2) is 17.5 Å². The van der Waals surface area contributed by atoms with Crippen molar-refractivity contribution in [3.8, 4) is 5.75 Å². The number of carbonyl (C=O) groups is 1. The summed E-state index contributed by atoms with van der Waals surface area (Å²) in [5, 5.41) is -0.658. The normalized spacial score (nSPS) is 34.8. The van der Waals surface area contributed by atoms with Crippen LogP contribution in [0.4, 0.5) is 10.1 Å². The number of nitrogens with one attached hydrogen (secondary N) is 1. The molecule has 4 aliphatic heterocycles. The Morgan fingerprint density at radius 1 is 1.14 bits per heavy atom. The summed E-state index contributed by atoms with van der Waals surface area (Å²) in [6.07, 6.45) is 7.29. The molecule has 3 aliphatic carbocycles. The first-order valence-electron chi connectivity index (χ1n) is 18.6. The Balaban J connectivity index is 1.24. The van der Waals surface area contributed by atoms with Gasteiger partial charge in [0.1, 0.15) is 17.2 Å². The predicted molar refractivity (Wildman–Crippen MR) is 195 cm³/mol. The van der Waals surface area contributed by atoms with E-state index in [1.54, 1.807) is 31.2 Å². The topological polar surface area (TPSA) is 97.4 Å². The first-order valence-corrected chi connectivity index (χ1v) is 20.5. The molecule has 1 spiro atoms. The van der Waals surface area contributed by atoms with Crippen molar-refractivity contribution < 1.29 is 31.8 Å². The minimum absolute atomic E-state index is 0.0566. The molecule has 1 amide bonds. The molecule has 276 valence electrons. The molecule has 0 radical (unpaired) electrons. The van der Waals surface area contributed by atoms with Gasteiger partial charge in [0.15, 0.2) is 0 Å². The van der Waals surface area contributed by atoms with Crippen LogP contribution in [0.3, 0.4) is 0 Å². The number of amides is 1. The molecular formula is C39H49ClFN3O6S. The SMILES string of the molecule is CO[C@@]1(CN2CCOCC2)C2=C[C@@H](C2)[C@H](C)[C@@H](C)S(=O)(=O)NC(=O)c2ccc3c(c2)N(C[C@@H]2CC[C@H]21)C[C@@]1(CCCc2c1ccc(Cl)c2F)CO3. The van der Waals surface area contributed by atoms with Gasteiger partial charge >= 0.3 is 0 Å². The van der Waals surface area contributed by atoms with E-state index in [2.05, 4.69) is 20.6 Å². The second-order valence-electron chi connectivity index (χ2n) is 15.9. The highest BCUT2D eigenvalue weighted by atomic mass is 35.5. The standard InChI is InChI=1S/C39H49ClFN3O6S/c1-24-25(2)51(46,47)42-37(45)26-7-11-35-34(19-26)44(21-38(23-50-35)12-4-5-30-32(38)9-10-33(40)36(30)41)20-27-6-8-31(27)39(48-3,29-17-28(24)18-29)22-43-13-15-49-16-14-43/h7,9-11,17,19,24-25,27-28,31H,4-6,8,12-16,18,20-23H2,1-3H3,(H,42,45)/t24-,25-,27+,28+,31-,38+,39+/m1/s1. The molecular weight excluding hydrogens is 693 g/mol. The van der Waals surface area contributed by atoms with Crippen LogP contribution in [0.25, 0.3) is 0 Å². The summed E-state index contributed by atoms with van der Waals surface area (Å²) in [6, 6.07) is 8.80. The van der Waals surface area contributed by atoms with Crippen molar-refractivity contribution in [2.75, 3.05) is 64.6 Å². The summed E-state index contributed by atoms with van der Waals surface area (Å²) < 4.78 is 64.3. The largest absolute Gasteiger partial charge is 0.490 e. The van der Waals surface area contributed by atoms with Crippen molar-refractivity contribution in [2.45, 2.75) is 68.6 Å². The zero-order valence-corrected chi connectivity index (χ0v) is 31.3. The quantitative estimate of drug-likeness (QED) is 0.398. The molecule has 1 saturated heterocycles. The first-order chi connectivity index (χ1) is 24.4. The van der Waals surface area contributed by atoms with Gasteiger partial charge in [0.2, 0.25) is 10.0 Å². The van der Waals surface area contributed by atoms with Gasteiger partial charge in [-0.1, -0.05) is 30.7 Å². The third kappa shape index (κ3) is 5.99. The van der Waals surface area contributed by atoms with E-state index in [1.807, 2.05) is 20.1 Å². The van der Waals surface area contributed by atoms with Crippen molar-refractivity contribution in [1.29, 1.82) is 0 Å². The van der Waals surface area contributed by atoms with Gasteiger partial charge in [-0.2, -0.15) is 0 Å². The smallest absolute Gasteiger partial charge is 0.264 e. The number of fused-ring (bicyclic) bond motifs is 6. The highest BCUT2D eigenvalue weighted by Crippen LogP contribution is 2.54. The third-order valence-corrected chi connectivity index (χ3v) is 15.5. The van der Waals surface area contributed by atoms with Crippen molar-refractivity contribution in [3.05, 3.63) is 69.5 Å². The summed E-state index contributed by atoms with van der Waals surface area (Å²) in [6.45, 7) is 9.07. The maximum absolute atomic E-state index is 15.5. The summed E-state index contributed by atoms with van der Waals surface area (Å²) in [5.41, 5.74) is 2.80. The number of allylic oxidation sites excluding steroid dienone is 1. The molecule has 2 aromatic carbocycles. The summed E-state index contributed by atoms with van der Waals surface area (Å²) in [4.78, 5) is 18.4. The number of anilines is 1. The van der Waals surface area contributed by atoms with E-state index in [4.69, 9.17) is 25.8 Å². The maximum Gasteiger partial charge on any atom is 0.264 e. The molecule has 12 heteroatoms. The van der Waals surface area contributed by atoms with Gasteiger partial charge in [0.25, 0.3) is 5.91 Å². The Labute approximate surface area is 305 Å². The van der Waals surface area contributed by atoms with E-state index in [9.17, 15) is 13.2 Å². The second-order valence-corrected chi connectivity index (χ2v) is 18.3. The molecule has 4 heterocycles. The zero-order valence-electron chi connectivity index (χ0n) is 29.8. The molecule has 1 saturated carbocycles. The zero-order chi connectivity index (χ0) is 35.7. The molecule has 7 aliphatic rings. The Bertz CT molecular complexity index is 1850. The van der Waals surface area contributed by atoms with Gasteiger partial charge in [-0.15, -0.1) is 0 Å². The summed E-state index contributed by atoms with van der Waals surface area (Å²) in [5.74, 6) is -0.0207. The highest BCUT2D eigenvalue weighted by Gasteiger charge is 2.55. The lowest BCUT2D eigenvalue weighted by molar-refractivity contribution is -0.113. The fourth-order valence-electron chi connectivity index (χ4n) is 9.91. The number of nitrogens with zero attached hydrogens (tertiary/aromatic N) is 2. The molecule has 2 fully saturated rings. The summed E-state index contributed by atoms with van der Waals surface area (Å²) >= 11 is 6.29. The molecule has 0 unspecified atom stereocenters. The fraction of sp³-hybridized carbons (Fsp3) is 0.615. The number of sulfonamides is 1. The number of methoxy groups -OCH3 is 1. The number of hydrogen-bond donors (Lipinski definition) is 1. The number of rotatable bonds is 3. The molecule has 51 heavy (non-hydrogen) atoms. The maximum atomic E-state index is 15.5. The highest BCUT2D eigenvalue weighted by molar-refractivity contribution is 7.90. The lowest BCUT2D eigenvalue weighted by atomic mass is 9.58. The minimum Gasteiger partial charge on any atom is -0.490 e. The Kier molecular flexibility index (Phi) is 9.22. The van der Waals surface area contributed by atoms with E-state index >= 15 is 4.39 Å². The minimum atomic E-state index is -3.99. The van der Waals surface area contributed by atoms with Crippen LogP contribution < -0.4 is 14.4 Å². The molecule has 0 aromatic heterocycles. The lowest BCUT2D eigenvalue weighted by Crippen LogP contribution is -2.61. The van der Waals surface area contributed by atoms with Gasteiger partial charge < -0.3 is 19.1 Å². The van der Waals surface area contributed by atoms with Crippen LogP contribution in [0.15, 0.2) is 42.0 Å². The molecule has 1 N–H and O–H groups in total. The van der Waals surface area contributed by atoms with Crippen molar-refractivity contribution in [2.24, 2.45) is 23.7 Å².